The van der Waals surface area contributed by atoms with Crippen LogP contribution in [0, 0.1) is 0 Å². The number of carbonyl (C=O) groups is 1. The second-order valence-corrected chi connectivity index (χ2v) is 4.07. The van der Waals surface area contributed by atoms with Crippen molar-refractivity contribution in [1.82, 2.24) is 5.32 Å². The quantitative estimate of drug-likeness (QED) is 0.578. The second kappa shape index (κ2) is 9.97. The molecule has 0 fully saturated rings. The zero-order chi connectivity index (χ0) is 11.5. The van der Waals surface area contributed by atoms with Crippen molar-refractivity contribution in [2.75, 3.05) is 6.54 Å². The summed E-state index contributed by atoms with van der Waals surface area (Å²) in [6, 6.07) is -0.329. The number of amides is 1. The van der Waals surface area contributed by atoms with E-state index in [9.17, 15) is 4.79 Å². The topological polar surface area (TPSA) is 55.1 Å². The second-order valence-electron chi connectivity index (χ2n) is 4.07. The Bertz CT molecular complexity index is 160. The van der Waals surface area contributed by atoms with Crippen LogP contribution < -0.4 is 11.1 Å². The van der Waals surface area contributed by atoms with Crippen molar-refractivity contribution in [2.45, 2.75) is 64.8 Å². The van der Waals surface area contributed by atoms with Gasteiger partial charge in [-0.2, -0.15) is 0 Å². The van der Waals surface area contributed by atoms with Crippen LogP contribution in [0.3, 0.4) is 0 Å². The molecule has 1 atom stereocenters. The first kappa shape index (κ1) is 14.4. The normalized spacial score (nSPS) is 12.5. The predicted octanol–water partition coefficient (Wildman–Crippen LogP) is 2.20. The summed E-state index contributed by atoms with van der Waals surface area (Å²) >= 11 is 0. The molecule has 0 aromatic heterocycles. The third-order valence-corrected chi connectivity index (χ3v) is 2.61. The van der Waals surface area contributed by atoms with E-state index in [0.29, 0.717) is 6.42 Å². The van der Waals surface area contributed by atoms with Crippen LogP contribution in [0.2, 0.25) is 0 Å². The van der Waals surface area contributed by atoms with Gasteiger partial charge in [-0.1, -0.05) is 46.0 Å². The van der Waals surface area contributed by atoms with Crippen LogP contribution in [0.25, 0.3) is 0 Å². The maximum atomic E-state index is 11.3. The summed E-state index contributed by atoms with van der Waals surface area (Å²) in [4.78, 5) is 11.3. The fourth-order valence-corrected chi connectivity index (χ4v) is 1.43. The predicted molar refractivity (Wildman–Crippen MR) is 64.7 cm³/mol. The highest BCUT2D eigenvalue weighted by molar-refractivity contribution is 5.81. The van der Waals surface area contributed by atoms with Gasteiger partial charge in [0.05, 0.1) is 6.04 Å². The summed E-state index contributed by atoms with van der Waals surface area (Å²) in [6.07, 6.45) is 8.20. The summed E-state index contributed by atoms with van der Waals surface area (Å²) in [5.41, 5.74) is 5.58. The summed E-state index contributed by atoms with van der Waals surface area (Å²) in [6.45, 7) is 4.92. The van der Waals surface area contributed by atoms with Gasteiger partial charge in [0, 0.05) is 6.54 Å². The highest BCUT2D eigenvalue weighted by Crippen LogP contribution is 2.04. The molecule has 0 aromatic rings. The van der Waals surface area contributed by atoms with E-state index < -0.39 is 0 Å². The molecule has 3 heteroatoms. The highest BCUT2D eigenvalue weighted by Gasteiger charge is 2.08. The summed E-state index contributed by atoms with van der Waals surface area (Å²) in [5, 5.41) is 2.86. The molecule has 0 spiro atoms. The van der Waals surface area contributed by atoms with Crippen LogP contribution in [-0.4, -0.2) is 18.5 Å². The molecule has 0 unspecified atom stereocenters. The van der Waals surface area contributed by atoms with E-state index in [0.717, 1.165) is 13.0 Å². The van der Waals surface area contributed by atoms with Crippen LogP contribution in [0.15, 0.2) is 0 Å². The molecule has 15 heavy (non-hydrogen) atoms. The third-order valence-electron chi connectivity index (χ3n) is 2.61. The number of hydrogen-bond acceptors (Lipinski definition) is 2. The SMILES string of the molecule is CCCCCCCCNC(=O)[C@@H](N)CC. The van der Waals surface area contributed by atoms with Crippen LogP contribution in [0.5, 0.6) is 0 Å². The summed E-state index contributed by atoms with van der Waals surface area (Å²) in [5.74, 6) is -0.00828. The fraction of sp³-hybridized carbons (Fsp3) is 0.917. The lowest BCUT2D eigenvalue weighted by atomic mass is 10.1. The lowest BCUT2D eigenvalue weighted by Gasteiger charge is -2.09. The van der Waals surface area contributed by atoms with Gasteiger partial charge in [0.1, 0.15) is 0 Å². The average Bonchev–Trinajstić information content (AvgIpc) is 2.26. The van der Waals surface area contributed by atoms with Crippen molar-refractivity contribution >= 4 is 5.91 Å². The molecular formula is C12H26N2O. The molecule has 1 amide bonds. The summed E-state index contributed by atoms with van der Waals surface area (Å²) < 4.78 is 0. The van der Waals surface area contributed by atoms with Gasteiger partial charge in [-0.3, -0.25) is 4.79 Å². The van der Waals surface area contributed by atoms with Gasteiger partial charge in [-0.15, -0.1) is 0 Å². The Morgan fingerprint density at radius 2 is 1.73 bits per heavy atom. The van der Waals surface area contributed by atoms with Gasteiger partial charge in [-0.05, 0) is 12.8 Å². The number of rotatable bonds is 9. The molecular weight excluding hydrogens is 188 g/mol. The van der Waals surface area contributed by atoms with Gasteiger partial charge >= 0.3 is 0 Å². The Labute approximate surface area is 93.8 Å². The Hall–Kier alpha value is -0.570. The number of hydrogen-bond donors (Lipinski definition) is 2. The lowest BCUT2D eigenvalue weighted by molar-refractivity contribution is -0.122. The molecule has 0 saturated heterocycles. The molecule has 0 bridgehead atoms. The fourth-order valence-electron chi connectivity index (χ4n) is 1.43. The lowest BCUT2D eigenvalue weighted by Crippen LogP contribution is -2.40. The smallest absolute Gasteiger partial charge is 0.236 e. The Balaban J connectivity index is 3.20. The van der Waals surface area contributed by atoms with E-state index in [1.54, 1.807) is 0 Å². The minimum Gasteiger partial charge on any atom is -0.355 e. The molecule has 3 N–H and O–H groups in total. The first-order valence-electron chi connectivity index (χ1n) is 6.25. The molecule has 0 aromatic carbocycles. The van der Waals surface area contributed by atoms with Crippen LogP contribution >= 0.6 is 0 Å². The zero-order valence-corrected chi connectivity index (χ0v) is 10.2. The largest absolute Gasteiger partial charge is 0.355 e. The zero-order valence-electron chi connectivity index (χ0n) is 10.2. The molecule has 0 radical (unpaired) electrons. The average molecular weight is 214 g/mol. The van der Waals surface area contributed by atoms with Gasteiger partial charge in [0.2, 0.25) is 5.91 Å². The minimum atomic E-state index is -0.329. The van der Waals surface area contributed by atoms with Crippen molar-refractivity contribution < 1.29 is 4.79 Å². The molecule has 3 nitrogen and oxygen atoms in total. The number of nitrogens with one attached hydrogen (secondary N) is 1. The number of carbonyl (C=O) groups excluding carboxylic acids is 1. The van der Waals surface area contributed by atoms with E-state index in [2.05, 4.69) is 12.2 Å². The number of unbranched alkanes of at least 4 members (excludes halogenated alkanes) is 5. The molecule has 0 rings (SSSR count). The first-order chi connectivity index (χ1) is 7.22. The Kier molecular flexibility index (Phi) is 9.59. The number of nitrogens with two attached hydrogens (primary N) is 1. The molecule has 0 aliphatic rings. The van der Waals surface area contributed by atoms with Gasteiger partial charge in [0.15, 0.2) is 0 Å². The van der Waals surface area contributed by atoms with Crippen molar-refractivity contribution in [3.05, 3.63) is 0 Å². The third kappa shape index (κ3) is 8.43. The first-order valence-corrected chi connectivity index (χ1v) is 6.25. The molecule has 0 heterocycles. The summed E-state index contributed by atoms with van der Waals surface area (Å²) in [7, 11) is 0. The monoisotopic (exact) mass is 214 g/mol. The van der Waals surface area contributed by atoms with Gasteiger partial charge in [0.25, 0.3) is 0 Å². The van der Waals surface area contributed by atoms with E-state index in [1.807, 2.05) is 6.92 Å². The standard InChI is InChI=1S/C12H26N2O/c1-3-5-6-7-8-9-10-14-12(15)11(13)4-2/h11H,3-10,13H2,1-2H3,(H,14,15)/t11-/m0/s1. The van der Waals surface area contributed by atoms with Crippen molar-refractivity contribution in [1.29, 1.82) is 0 Å². The van der Waals surface area contributed by atoms with Gasteiger partial charge < -0.3 is 11.1 Å². The molecule has 0 aliphatic carbocycles. The van der Waals surface area contributed by atoms with Crippen molar-refractivity contribution in [3.63, 3.8) is 0 Å². The van der Waals surface area contributed by atoms with E-state index >= 15 is 0 Å². The minimum absolute atomic E-state index is 0.00828. The Morgan fingerprint density at radius 3 is 2.33 bits per heavy atom. The van der Waals surface area contributed by atoms with Crippen LogP contribution in [0.1, 0.15) is 58.8 Å². The molecule has 90 valence electrons. The highest BCUT2D eigenvalue weighted by atomic mass is 16.2. The van der Waals surface area contributed by atoms with Crippen molar-refractivity contribution in [2.24, 2.45) is 5.73 Å². The van der Waals surface area contributed by atoms with Crippen LogP contribution in [-0.2, 0) is 4.79 Å². The molecule has 0 saturated carbocycles. The maximum absolute atomic E-state index is 11.3. The van der Waals surface area contributed by atoms with E-state index in [1.165, 1.54) is 32.1 Å². The maximum Gasteiger partial charge on any atom is 0.236 e. The Morgan fingerprint density at radius 1 is 1.13 bits per heavy atom. The van der Waals surface area contributed by atoms with Crippen molar-refractivity contribution in [3.8, 4) is 0 Å². The van der Waals surface area contributed by atoms with E-state index in [-0.39, 0.29) is 11.9 Å². The molecule has 0 aliphatic heterocycles. The van der Waals surface area contributed by atoms with Gasteiger partial charge in [-0.25, -0.2) is 0 Å². The van der Waals surface area contributed by atoms with E-state index in [4.69, 9.17) is 5.73 Å². The van der Waals surface area contributed by atoms with Crippen LogP contribution in [0.4, 0.5) is 0 Å².